The van der Waals surface area contributed by atoms with Crippen LogP contribution in [0.15, 0.2) is 23.1 Å². The van der Waals surface area contributed by atoms with Crippen molar-refractivity contribution in [3.63, 3.8) is 0 Å². The Morgan fingerprint density at radius 2 is 2.17 bits per heavy atom. The van der Waals surface area contributed by atoms with Crippen molar-refractivity contribution in [1.82, 2.24) is 29.5 Å². The summed E-state index contributed by atoms with van der Waals surface area (Å²) < 4.78 is 2.85. The lowest BCUT2D eigenvalue weighted by Crippen LogP contribution is -2.17. The van der Waals surface area contributed by atoms with Gasteiger partial charge in [-0.25, -0.2) is 0 Å². The van der Waals surface area contributed by atoms with Gasteiger partial charge in [-0.15, -0.1) is 0 Å². The predicted octanol–water partition coefficient (Wildman–Crippen LogP) is 2.05. The van der Waals surface area contributed by atoms with Crippen LogP contribution in [0.1, 0.15) is 6.92 Å². The van der Waals surface area contributed by atoms with Crippen LogP contribution >= 0.6 is 11.6 Å². The largest absolute Gasteiger partial charge is 0.480 e. The minimum Gasteiger partial charge on any atom is -0.480 e. The third-order valence-electron chi connectivity index (χ3n) is 4.04. The molecule has 8 nitrogen and oxygen atoms in total. The highest BCUT2D eigenvalue weighted by molar-refractivity contribution is 6.38. The van der Waals surface area contributed by atoms with Gasteiger partial charge in [0, 0.05) is 30.7 Å². The van der Waals surface area contributed by atoms with Gasteiger partial charge in [0.1, 0.15) is 5.39 Å². The molecule has 0 bridgehead atoms. The van der Waals surface area contributed by atoms with Crippen molar-refractivity contribution in [1.29, 1.82) is 0 Å². The highest BCUT2D eigenvalue weighted by Crippen LogP contribution is 2.35. The van der Waals surface area contributed by atoms with E-state index in [1.54, 1.807) is 10.7 Å². The summed E-state index contributed by atoms with van der Waals surface area (Å²) in [5, 5.41) is 22.4. The third-order valence-corrected chi connectivity index (χ3v) is 4.44. The first-order valence-corrected chi connectivity index (χ1v) is 7.69. The Balaban J connectivity index is 2.05. The summed E-state index contributed by atoms with van der Waals surface area (Å²) in [6.07, 6.45) is 1.86. The molecule has 0 spiro atoms. The Kier molecular flexibility index (Phi) is 3.10. The molecule has 0 atom stereocenters. The highest BCUT2D eigenvalue weighted by atomic mass is 35.5. The van der Waals surface area contributed by atoms with Crippen LogP contribution in [-0.2, 0) is 13.6 Å². The zero-order valence-electron chi connectivity index (χ0n) is 12.9. The number of aryl methyl sites for hydroxylation is 1. The van der Waals surface area contributed by atoms with Crippen molar-refractivity contribution in [3.8, 4) is 17.3 Å². The van der Waals surface area contributed by atoms with Crippen LogP contribution in [0, 0.1) is 0 Å². The van der Waals surface area contributed by atoms with Crippen LogP contribution in [0.5, 0.6) is 6.01 Å². The van der Waals surface area contributed by atoms with E-state index in [2.05, 4.69) is 20.3 Å². The van der Waals surface area contributed by atoms with E-state index in [9.17, 15) is 9.90 Å². The Bertz CT molecular complexity index is 1160. The lowest BCUT2D eigenvalue weighted by molar-refractivity contribution is 0.402. The summed E-state index contributed by atoms with van der Waals surface area (Å²) in [5.41, 5.74) is 1.62. The minimum absolute atomic E-state index is 0.144. The molecule has 0 aliphatic rings. The zero-order valence-corrected chi connectivity index (χ0v) is 13.7. The van der Waals surface area contributed by atoms with Gasteiger partial charge < -0.3 is 5.11 Å². The summed E-state index contributed by atoms with van der Waals surface area (Å²) >= 11 is 6.55. The molecule has 0 amide bonds. The highest BCUT2D eigenvalue weighted by Gasteiger charge is 2.19. The fraction of sp³-hybridized carbons (Fsp3) is 0.200. The van der Waals surface area contributed by atoms with Crippen molar-refractivity contribution < 1.29 is 5.11 Å². The van der Waals surface area contributed by atoms with E-state index in [1.165, 1.54) is 7.05 Å². The SMILES string of the molecule is CCn1cc2c(Cl)c(-c3[nH]nc4nc(O)n(C)c(=O)c34)ccc2n1. The molecule has 0 radical (unpaired) electrons. The van der Waals surface area contributed by atoms with Gasteiger partial charge in [-0.2, -0.15) is 15.2 Å². The van der Waals surface area contributed by atoms with Crippen molar-refractivity contribution >= 4 is 33.5 Å². The van der Waals surface area contributed by atoms with Crippen molar-refractivity contribution in [2.45, 2.75) is 13.5 Å². The number of nitrogens with one attached hydrogen (secondary N) is 1. The molecule has 0 saturated carbocycles. The molecule has 122 valence electrons. The summed E-state index contributed by atoms with van der Waals surface area (Å²) in [4.78, 5) is 16.4. The van der Waals surface area contributed by atoms with Crippen LogP contribution < -0.4 is 5.56 Å². The van der Waals surface area contributed by atoms with Crippen LogP contribution in [0.2, 0.25) is 5.02 Å². The number of aromatic nitrogens is 6. The summed E-state index contributed by atoms with van der Waals surface area (Å²) in [6.45, 7) is 2.72. The van der Waals surface area contributed by atoms with Gasteiger partial charge in [0.05, 0.1) is 16.2 Å². The zero-order chi connectivity index (χ0) is 17.0. The first kappa shape index (κ1) is 14.7. The monoisotopic (exact) mass is 344 g/mol. The second-order valence-electron chi connectivity index (χ2n) is 5.42. The number of aromatic hydroxyl groups is 1. The van der Waals surface area contributed by atoms with Gasteiger partial charge >= 0.3 is 0 Å². The summed E-state index contributed by atoms with van der Waals surface area (Å²) in [5.74, 6) is 0. The molecule has 0 aliphatic carbocycles. The van der Waals surface area contributed by atoms with E-state index in [0.717, 1.165) is 22.0 Å². The van der Waals surface area contributed by atoms with Gasteiger partial charge in [-0.05, 0) is 19.1 Å². The fourth-order valence-corrected chi connectivity index (χ4v) is 3.01. The molecule has 0 fully saturated rings. The van der Waals surface area contributed by atoms with E-state index in [-0.39, 0.29) is 11.0 Å². The standard InChI is InChI=1S/C15H13ClN6O2/c1-3-22-6-8-9(20-22)5-4-7(11(8)16)12-10-13(19-18-12)17-15(24)21(2)14(10)23/h4-6H,3H2,1-2H3,(H2,17,18,19,24). The van der Waals surface area contributed by atoms with Gasteiger partial charge in [0.25, 0.3) is 11.6 Å². The number of aromatic amines is 1. The maximum atomic E-state index is 12.5. The Labute approximate surface area is 140 Å². The van der Waals surface area contributed by atoms with Gasteiger partial charge in [0.2, 0.25) is 0 Å². The topological polar surface area (TPSA) is 102 Å². The molecule has 24 heavy (non-hydrogen) atoms. The van der Waals surface area contributed by atoms with Crippen molar-refractivity contribution in [3.05, 3.63) is 33.7 Å². The van der Waals surface area contributed by atoms with Crippen LogP contribution in [-0.4, -0.2) is 34.6 Å². The lowest BCUT2D eigenvalue weighted by atomic mass is 10.1. The van der Waals surface area contributed by atoms with E-state index in [0.29, 0.717) is 16.3 Å². The van der Waals surface area contributed by atoms with E-state index >= 15 is 0 Å². The van der Waals surface area contributed by atoms with Crippen molar-refractivity contribution in [2.75, 3.05) is 0 Å². The van der Waals surface area contributed by atoms with Crippen LogP contribution in [0.25, 0.3) is 33.2 Å². The third kappa shape index (κ3) is 1.93. The molecule has 0 unspecified atom stereocenters. The van der Waals surface area contributed by atoms with E-state index in [4.69, 9.17) is 11.6 Å². The number of benzene rings is 1. The number of hydrogen-bond donors (Lipinski definition) is 2. The maximum Gasteiger partial charge on any atom is 0.298 e. The number of halogens is 1. The molecular weight excluding hydrogens is 332 g/mol. The molecular formula is C15H13ClN6O2. The smallest absolute Gasteiger partial charge is 0.298 e. The molecule has 2 N–H and O–H groups in total. The normalized spacial score (nSPS) is 11.6. The predicted molar refractivity (Wildman–Crippen MR) is 90.2 cm³/mol. The molecule has 3 aromatic heterocycles. The average Bonchev–Trinajstić information content (AvgIpc) is 3.17. The second-order valence-corrected chi connectivity index (χ2v) is 5.80. The van der Waals surface area contributed by atoms with Gasteiger partial charge in [-0.3, -0.25) is 19.1 Å². The maximum absolute atomic E-state index is 12.5. The molecule has 0 aliphatic heterocycles. The fourth-order valence-electron chi connectivity index (χ4n) is 2.70. The van der Waals surface area contributed by atoms with Gasteiger partial charge in [-0.1, -0.05) is 11.6 Å². The molecule has 0 saturated heterocycles. The van der Waals surface area contributed by atoms with Crippen molar-refractivity contribution in [2.24, 2.45) is 7.05 Å². The Hall–Kier alpha value is -2.87. The number of rotatable bonds is 2. The molecule has 1 aromatic carbocycles. The number of H-pyrrole nitrogens is 1. The number of nitrogens with zero attached hydrogens (tertiary/aromatic N) is 5. The first-order valence-electron chi connectivity index (χ1n) is 7.31. The molecule has 4 rings (SSSR count). The summed E-state index contributed by atoms with van der Waals surface area (Å²) in [6, 6.07) is 3.24. The number of fused-ring (bicyclic) bond motifs is 2. The Morgan fingerprint density at radius 1 is 1.38 bits per heavy atom. The quantitative estimate of drug-likeness (QED) is 0.579. The molecule has 9 heteroatoms. The first-order chi connectivity index (χ1) is 11.5. The van der Waals surface area contributed by atoms with Crippen LogP contribution in [0.4, 0.5) is 0 Å². The Morgan fingerprint density at radius 3 is 2.92 bits per heavy atom. The van der Waals surface area contributed by atoms with E-state index in [1.807, 2.05) is 19.2 Å². The van der Waals surface area contributed by atoms with Gasteiger partial charge in [0.15, 0.2) is 5.65 Å². The second kappa shape index (κ2) is 5.07. The molecule has 3 heterocycles. The minimum atomic E-state index is -0.401. The molecule has 4 aromatic rings. The number of hydrogen-bond acceptors (Lipinski definition) is 5. The lowest BCUT2D eigenvalue weighted by Gasteiger charge is -2.04. The average molecular weight is 345 g/mol. The van der Waals surface area contributed by atoms with E-state index < -0.39 is 11.6 Å². The van der Waals surface area contributed by atoms with Crippen LogP contribution in [0.3, 0.4) is 0 Å². The summed E-state index contributed by atoms with van der Waals surface area (Å²) in [7, 11) is 1.44.